The van der Waals surface area contributed by atoms with Gasteiger partial charge in [-0.05, 0) is 69.5 Å². The number of rotatable bonds is 10. The van der Waals surface area contributed by atoms with Crippen LogP contribution in [-0.2, 0) is 21.2 Å². The lowest BCUT2D eigenvalue weighted by atomic mass is 10.1. The Morgan fingerprint density at radius 2 is 1.69 bits per heavy atom. The van der Waals surface area contributed by atoms with E-state index in [9.17, 15) is 18.0 Å². The number of aryl methyl sites for hydroxylation is 1. The molecule has 0 aliphatic carbocycles. The Morgan fingerprint density at radius 1 is 1.03 bits per heavy atom. The van der Waals surface area contributed by atoms with Crippen molar-refractivity contribution in [3.8, 4) is 5.75 Å². The van der Waals surface area contributed by atoms with Crippen LogP contribution in [0.3, 0.4) is 0 Å². The molecule has 0 radical (unpaired) electrons. The molecule has 2 aromatic rings. The van der Waals surface area contributed by atoms with E-state index in [1.807, 2.05) is 45.0 Å². The zero-order valence-corrected chi connectivity index (χ0v) is 19.9. The number of ether oxygens (including phenoxy) is 1. The summed E-state index contributed by atoms with van der Waals surface area (Å²) in [5.74, 6) is 0.0879. The van der Waals surface area contributed by atoms with Crippen LogP contribution in [0.1, 0.15) is 50.0 Å². The molecule has 2 aromatic carbocycles. The van der Waals surface area contributed by atoms with Gasteiger partial charge in [-0.25, -0.2) is 8.42 Å². The van der Waals surface area contributed by atoms with Crippen LogP contribution in [0.25, 0.3) is 0 Å². The first-order valence-corrected chi connectivity index (χ1v) is 12.3. The van der Waals surface area contributed by atoms with Gasteiger partial charge in [-0.2, -0.15) is 0 Å². The summed E-state index contributed by atoms with van der Waals surface area (Å²) in [6, 6.07) is 12.1. The van der Waals surface area contributed by atoms with Gasteiger partial charge < -0.3 is 15.4 Å². The summed E-state index contributed by atoms with van der Waals surface area (Å²) in [6.45, 7) is 7.18. The second kappa shape index (κ2) is 11.0. The predicted molar refractivity (Wildman–Crippen MR) is 127 cm³/mol. The highest BCUT2D eigenvalue weighted by atomic mass is 32.2. The quantitative estimate of drug-likeness (QED) is 0.501. The minimum Gasteiger partial charge on any atom is -0.491 e. The van der Waals surface area contributed by atoms with Crippen molar-refractivity contribution in [3.05, 3.63) is 53.6 Å². The van der Waals surface area contributed by atoms with Gasteiger partial charge >= 0.3 is 0 Å². The number of nitrogens with one attached hydrogen (secondary N) is 3. The van der Waals surface area contributed by atoms with E-state index >= 15 is 0 Å². The fraction of sp³-hybridized carbons (Fsp3) is 0.391. The van der Waals surface area contributed by atoms with E-state index in [4.69, 9.17) is 4.74 Å². The molecule has 0 heterocycles. The summed E-state index contributed by atoms with van der Waals surface area (Å²) in [4.78, 5) is 24.2. The maximum absolute atomic E-state index is 12.9. The van der Waals surface area contributed by atoms with Crippen LogP contribution >= 0.6 is 0 Å². The smallest absolute Gasteiger partial charge is 0.253 e. The monoisotopic (exact) mass is 461 g/mol. The molecule has 0 aliphatic heterocycles. The first kappa shape index (κ1) is 25.2. The van der Waals surface area contributed by atoms with Gasteiger partial charge in [0.15, 0.2) is 0 Å². The van der Waals surface area contributed by atoms with Crippen molar-refractivity contribution < 1.29 is 22.7 Å². The summed E-state index contributed by atoms with van der Waals surface area (Å²) >= 11 is 0. The lowest BCUT2D eigenvalue weighted by Crippen LogP contribution is -2.33. The number of sulfonamides is 1. The standard InChI is InChI=1S/C23H31N3O5S/c1-15(2)31-20-11-8-18(9-12-20)7-6-16(3)24-23(28)21-14-19(25-17(4)27)10-13-22(21)26-32(5,29)30/h8-16,26H,6-7H2,1-5H3,(H,24,28)(H,25,27). The minimum absolute atomic E-state index is 0.113. The number of anilines is 2. The lowest BCUT2D eigenvalue weighted by Gasteiger charge is -2.17. The zero-order valence-electron chi connectivity index (χ0n) is 19.1. The Morgan fingerprint density at radius 3 is 2.25 bits per heavy atom. The van der Waals surface area contributed by atoms with Gasteiger partial charge in [0.1, 0.15) is 5.75 Å². The van der Waals surface area contributed by atoms with Gasteiger partial charge in [-0.1, -0.05) is 12.1 Å². The molecule has 8 nitrogen and oxygen atoms in total. The maximum Gasteiger partial charge on any atom is 0.253 e. The van der Waals surface area contributed by atoms with E-state index in [1.165, 1.54) is 25.1 Å². The van der Waals surface area contributed by atoms with Gasteiger partial charge in [0.05, 0.1) is 23.6 Å². The molecular weight excluding hydrogens is 430 g/mol. The highest BCUT2D eigenvalue weighted by Crippen LogP contribution is 2.22. The molecule has 0 spiro atoms. The summed E-state index contributed by atoms with van der Waals surface area (Å²) in [6.07, 6.45) is 2.57. The molecule has 0 saturated heterocycles. The largest absolute Gasteiger partial charge is 0.491 e. The summed E-state index contributed by atoms with van der Waals surface area (Å²) < 4.78 is 31.4. The Labute approximate surface area is 189 Å². The molecule has 2 amide bonds. The summed E-state index contributed by atoms with van der Waals surface area (Å²) in [7, 11) is -3.58. The van der Waals surface area contributed by atoms with E-state index in [-0.39, 0.29) is 29.3 Å². The molecule has 32 heavy (non-hydrogen) atoms. The zero-order chi connectivity index (χ0) is 23.9. The topological polar surface area (TPSA) is 114 Å². The number of amides is 2. The number of hydrogen-bond acceptors (Lipinski definition) is 5. The molecule has 3 N–H and O–H groups in total. The van der Waals surface area contributed by atoms with Gasteiger partial charge in [-0.15, -0.1) is 0 Å². The summed E-state index contributed by atoms with van der Waals surface area (Å²) in [5, 5.41) is 5.50. The summed E-state index contributed by atoms with van der Waals surface area (Å²) in [5.41, 5.74) is 1.79. The molecule has 174 valence electrons. The molecule has 0 aromatic heterocycles. The van der Waals surface area contributed by atoms with E-state index in [1.54, 1.807) is 0 Å². The van der Waals surface area contributed by atoms with Crippen LogP contribution in [0.4, 0.5) is 11.4 Å². The van der Waals surface area contributed by atoms with Crippen molar-refractivity contribution in [1.82, 2.24) is 5.32 Å². The SMILES string of the molecule is CC(=O)Nc1ccc(NS(C)(=O)=O)c(C(=O)NC(C)CCc2ccc(OC(C)C)cc2)c1. The third kappa shape index (κ3) is 8.58. The van der Waals surface area contributed by atoms with Crippen LogP contribution in [-0.4, -0.2) is 38.6 Å². The van der Waals surface area contributed by atoms with E-state index in [2.05, 4.69) is 15.4 Å². The first-order chi connectivity index (χ1) is 14.9. The molecule has 0 saturated carbocycles. The number of hydrogen-bond donors (Lipinski definition) is 3. The fourth-order valence-electron chi connectivity index (χ4n) is 3.07. The fourth-order valence-corrected chi connectivity index (χ4v) is 3.64. The van der Waals surface area contributed by atoms with E-state index < -0.39 is 15.9 Å². The normalized spacial score (nSPS) is 12.2. The number of benzene rings is 2. The Hall–Kier alpha value is -3.07. The van der Waals surface area contributed by atoms with Crippen molar-refractivity contribution in [2.75, 3.05) is 16.3 Å². The first-order valence-electron chi connectivity index (χ1n) is 10.4. The average Bonchev–Trinajstić information content (AvgIpc) is 2.66. The highest BCUT2D eigenvalue weighted by Gasteiger charge is 2.17. The molecule has 1 atom stereocenters. The molecule has 1 unspecified atom stereocenters. The molecule has 9 heteroatoms. The molecule has 2 rings (SSSR count). The van der Waals surface area contributed by atoms with Crippen molar-refractivity contribution in [2.45, 2.75) is 52.7 Å². The Kier molecular flexibility index (Phi) is 8.65. The minimum atomic E-state index is -3.58. The predicted octanol–water partition coefficient (Wildman–Crippen LogP) is 3.55. The average molecular weight is 462 g/mol. The highest BCUT2D eigenvalue weighted by molar-refractivity contribution is 7.92. The van der Waals surface area contributed by atoms with Crippen molar-refractivity contribution in [3.63, 3.8) is 0 Å². The number of carbonyl (C=O) groups excluding carboxylic acids is 2. The van der Waals surface area contributed by atoms with Crippen LogP contribution in [0.2, 0.25) is 0 Å². The maximum atomic E-state index is 12.9. The van der Waals surface area contributed by atoms with Crippen LogP contribution in [0.5, 0.6) is 5.75 Å². The van der Waals surface area contributed by atoms with Gasteiger partial charge in [0.25, 0.3) is 5.91 Å². The van der Waals surface area contributed by atoms with Crippen molar-refractivity contribution >= 4 is 33.2 Å². The van der Waals surface area contributed by atoms with Gasteiger partial charge in [-0.3, -0.25) is 14.3 Å². The van der Waals surface area contributed by atoms with Crippen LogP contribution in [0, 0.1) is 0 Å². The second-order valence-corrected chi connectivity index (χ2v) is 9.79. The van der Waals surface area contributed by atoms with Gasteiger partial charge in [0.2, 0.25) is 15.9 Å². The molecule has 0 aliphatic rings. The van der Waals surface area contributed by atoms with Crippen LogP contribution in [0.15, 0.2) is 42.5 Å². The third-order valence-electron chi connectivity index (χ3n) is 4.42. The van der Waals surface area contributed by atoms with Gasteiger partial charge in [0, 0.05) is 18.7 Å². The molecule has 0 fully saturated rings. The van der Waals surface area contributed by atoms with E-state index in [0.29, 0.717) is 12.1 Å². The third-order valence-corrected chi connectivity index (χ3v) is 5.01. The molecule has 0 bridgehead atoms. The van der Waals surface area contributed by atoms with Crippen LogP contribution < -0.4 is 20.1 Å². The second-order valence-electron chi connectivity index (χ2n) is 8.04. The molecular formula is C23H31N3O5S. The number of carbonyl (C=O) groups is 2. The van der Waals surface area contributed by atoms with Crippen molar-refractivity contribution in [2.24, 2.45) is 0 Å². The van der Waals surface area contributed by atoms with E-state index in [0.717, 1.165) is 24.0 Å². The van der Waals surface area contributed by atoms with Crippen molar-refractivity contribution in [1.29, 1.82) is 0 Å². The lowest BCUT2D eigenvalue weighted by molar-refractivity contribution is -0.114. The Bertz CT molecular complexity index is 1050. The Balaban J connectivity index is 2.06.